The number of nitrogens with zero attached hydrogens (tertiary/aromatic N) is 4. The van der Waals surface area contributed by atoms with Crippen LogP contribution >= 0.6 is 0 Å². The summed E-state index contributed by atoms with van der Waals surface area (Å²) >= 11 is 0. The van der Waals surface area contributed by atoms with Crippen LogP contribution in [-0.4, -0.2) is 39.4 Å². The molecule has 2 aromatic rings. The number of hydrogen-bond acceptors (Lipinski definition) is 5. The lowest BCUT2D eigenvalue weighted by atomic mass is 10.4. The summed E-state index contributed by atoms with van der Waals surface area (Å²) in [6, 6.07) is 0. The number of aromatic nitrogens is 4. The van der Waals surface area contributed by atoms with Crippen LogP contribution in [0.3, 0.4) is 0 Å². The molecule has 116 valence electrons. The zero-order valence-corrected chi connectivity index (χ0v) is 12.8. The second kappa shape index (κ2) is 6.23. The molecule has 2 aromatic heterocycles. The standard InChI is InChI=1S/C13H21N5O3/c1-5-17-9(8-14-2)15-11-10(17)12(19)16(3)13(20)18(11)6-7-21-4/h14H,5-8H2,1-4H3. The van der Waals surface area contributed by atoms with Gasteiger partial charge in [-0.25, -0.2) is 9.78 Å². The van der Waals surface area contributed by atoms with Gasteiger partial charge >= 0.3 is 5.69 Å². The summed E-state index contributed by atoms with van der Waals surface area (Å²) < 4.78 is 9.49. The van der Waals surface area contributed by atoms with Crippen LogP contribution in [0.5, 0.6) is 0 Å². The van der Waals surface area contributed by atoms with E-state index >= 15 is 0 Å². The topological polar surface area (TPSA) is 83.1 Å². The molecular formula is C13H21N5O3. The summed E-state index contributed by atoms with van der Waals surface area (Å²) in [5.41, 5.74) is 0.190. The van der Waals surface area contributed by atoms with E-state index in [2.05, 4.69) is 10.3 Å². The van der Waals surface area contributed by atoms with Gasteiger partial charge in [-0.05, 0) is 14.0 Å². The number of nitrogens with one attached hydrogen (secondary N) is 1. The van der Waals surface area contributed by atoms with Gasteiger partial charge in [-0.2, -0.15) is 0 Å². The normalized spacial score (nSPS) is 11.4. The molecule has 0 aliphatic carbocycles. The van der Waals surface area contributed by atoms with E-state index in [-0.39, 0.29) is 11.2 Å². The fourth-order valence-corrected chi connectivity index (χ4v) is 2.42. The number of fused-ring (bicyclic) bond motifs is 1. The van der Waals surface area contributed by atoms with Crippen molar-refractivity contribution in [2.45, 2.75) is 26.6 Å². The molecule has 0 amide bonds. The highest BCUT2D eigenvalue weighted by molar-refractivity contribution is 5.71. The molecule has 0 aliphatic heterocycles. The number of hydrogen-bond donors (Lipinski definition) is 1. The molecular weight excluding hydrogens is 274 g/mol. The summed E-state index contributed by atoms with van der Waals surface area (Å²) in [6.07, 6.45) is 0. The lowest BCUT2D eigenvalue weighted by molar-refractivity contribution is 0.186. The Hall–Kier alpha value is -1.93. The Kier molecular flexibility index (Phi) is 4.59. The van der Waals surface area contributed by atoms with Gasteiger partial charge in [0.05, 0.1) is 19.7 Å². The summed E-state index contributed by atoms with van der Waals surface area (Å²) in [7, 11) is 4.87. The van der Waals surface area contributed by atoms with Crippen LogP contribution in [0.15, 0.2) is 9.59 Å². The largest absolute Gasteiger partial charge is 0.383 e. The molecule has 0 spiro atoms. The molecule has 0 fully saturated rings. The monoisotopic (exact) mass is 295 g/mol. The zero-order valence-electron chi connectivity index (χ0n) is 12.8. The molecule has 0 radical (unpaired) electrons. The number of imidazole rings is 1. The number of ether oxygens (including phenoxy) is 1. The number of aryl methyl sites for hydroxylation is 1. The van der Waals surface area contributed by atoms with Crippen molar-refractivity contribution in [1.82, 2.24) is 24.0 Å². The van der Waals surface area contributed by atoms with Crippen LogP contribution in [0.4, 0.5) is 0 Å². The fourth-order valence-electron chi connectivity index (χ4n) is 2.42. The van der Waals surface area contributed by atoms with E-state index in [4.69, 9.17) is 4.74 Å². The molecule has 2 heterocycles. The molecule has 1 N–H and O–H groups in total. The Morgan fingerprint density at radius 2 is 2.00 bits per heavy atom. The molecule has 0 unspecified atom stereocenters. The second-order valence-electron chi connectivity index (χ2n) is 4.77. The van der Waals surface area contributed by atoms with E-state index in [1.54, 1.807) is 7.11 Å². The molecule has 21 heavy (non-hydrogen) atoms. The van der Waals surface area contributed by atoms with E-state index in [9.17, 15) is 9.59 Å². The maximum atomic E-state index is 12.4. The Morgan fingerprint density at radius 1 is 1.29 bits per heavy atom. The van der Waals surface area contributed by atoms with Crippen LogP contribution < -0.4 is 16.6 Å². The summed E-state index contributed by atoms with van der Waals surface area (Å²) in [5.74, 6) is 0.740. The van der Waals surface area contributed by atoms with Gasteiger partial charge in [-0.1, -0.05) is 0 Å². The Labute approximate surface area is 122 Å². The van der Waals surface area contributed by atoms with Gasteiger partial charge in [-0.3, -0.25) is 13.9 Å². The van der Waals surface area contributed by atoms with Crippen molar-refractivity contribution in [2.24, 2.45) is 7.05 Å². The third-order valence-corrected chi connectivity index (χ3v) is 3.48. The van der Waals surface area contributed by atoms with Crippen LogP contribution in [0, 0.1) is 0 Å². The third-order valence-electron chi connectivity index (χ3n) is 3.48. The molecule has 8 heteroatoms. The molecule has 0 saturated heterocycles. The van der Waals surface area contributed by atoms with E-state index in [0.29, 0.717) is 37.4 Å². The lowest BCUT2D eigenvalue weighted by Gasteiger charge is -2.09. The minimum Gasteiger partial charge on any atom is -0.383 e. The summed E-state index contributed by atoms with van der Waals surface area (Å²) in [6.45, 7) is 3.84. The maximum Gasteiger partial charge on any atom is 0.332 e. The minimum absolute atomic E-state index is 0.319. The van der Waals surface area contributed by atoms with Crippen molar-refractivity contribution in [1.29, 1.82) is 0 Å². The zero-order chi connectivity index (χ0) is 15.6. The molecule has 8 nitrogen and oxygen atoms in total. The molecule has 0 saturated carbocycles. The van der Waals surface area contributed by atoms with Crippen molar-refractivity contribution in [3.63, 3.8) is 0 Å². The molecule has 0 bridgehead atoms. The minimum atomic E-state index is -0.374. The predicted molar refractivity (Wildman–Crippen MR) is 79.5 cm³/mol. The lowest BCUT2D eigenvalue weighted by Crippen LogP contribution is -2.39. The van der Waals surface area contributed by atoms with Crippen molar-refractivity contribution in [3.05, 3.63) is 26.7 Å². The highest BCUT2D eigenvalue weighted by Gasteiger charge is 2.19. The van der Waals surface area contributed by atoms with Gasteiger partial charge in [-0.15, -0.1) is 0 Å². The Balaban J connectivity index is 2.84. The molecule has 0 atom stereocenters. The van der Waals surface area contributed by atoms with E-state index in [1.807, 2.05) is 18.5 Å². The van der Waals surface area contributed by atoms with Crippen molar-refractivity contribution in [3.8, 4) is 0 Å². The average molecular weight is 295 g/mol. The SMILES string of the molecule is CCn1c(CNC)nc2c1c(=O)n(C)c(=O)n2CCOC. The van der Waals surface area contributed by atoms with Gasteiger partial charge in [0.15, 0.2) is 11.2 Å². The molecule has 0 aromatic carbocycles. The fraction of sp³-hybridized carbons (Fsp3) is 0.615. The van der Waals surface area contributed by atoms with E-state index in [1.165, 1.54) is 11.6 Å². The number of rotatable bonds is 6. The highest BCUT2D eigenvalue weighted by Crippen LogP contribution is 2.11. The maximum absolute atomic E-state index is 12.4. The quantitative estimate of drug-likeness (QED) is 0.760. The van der Waals surface area contributed by atoms with Crippen molar-refractivity contribution >= 4 is 11.2 Å². The van der Waals surface area contributed by atoms with Crippen molar-refractivity contribution < 1.29 is 4.74 Å². The summed E-state index contributed by atoms with van der Waals surface area (Å²) in [5, 5.41) is 3.03. The van der Waals surface area contributed by atoms with Gasteiger partial charge in [0.25, 0.3) is 5.56 Å². The first kappa shape index (κ1) is 15.5. The van der Waals surface area contributed by atoms with E-state index < -0.39 is 0 Å². The molecule has 2 rings (SSSR count). The van der Waals surface area contributed by atoms with Crippen LogP contribution in [0.1, 0.15) is 12.7 Å². The van der Waals surface area contributed by atoms with Gasteiger partial charge in [0.2, 0.25) is 0 Å². The van der Waals surface area contributed by atoms with Gasteiger partial charge < -0.3 is 14.6 Å². The van der Waals surface area contributed by atoms with E-state index in [0.717, 1.165) is 10.4 Å². The second-order valence-corrected chi connectivity index (χ2v) is 4.77. The van der Waals surface area contributed by atoms with Crippen LogP contribution in [0.25, 0.3) is 11.2 Å². The van der Waals surface area contributed by atoms with Crippen molar-refractivity contribution in [2.75, 3.05) is 20.8 Å². The third kappa shape index (κ3) is 2.52. The first-order valence-electron chi connectivity index (χ1n) is 6.89. The van der Waals surface area contributed by atoms with Crippen LogP contribution in [0.2, 0.25) is 0 Å². The first-order chi connectivity index (χ1) is 10.1. The predicted octanol–water partition coefficient (Wildman–Crippen LogP) is -0.718. The highest BCUT2D eigenvalue weighted by atomic mass is 16.5. The first-order valence-corrected chi connectivity index (χ1v) is 6.89. The smallest absolute Gasteiger partial charge is 0.332 e. The van der Waals surface area contributed by atoms with Crippen LogP contribution in [-0.2, 0) is 31.4 Å². The molecule has 0 aliphatic rings. The number of methoxy groups -OCH3 is 1. The van der Waals surface area contributed by atoms with Gasteiger partial charge in [0, 0.05) is 20.7 Å². The Morgan fingerprint density at radius 3 is 2.57 bits per heavy atom. The average Bonchev–Trinajstić information content (AvgIpc) is 2.83. The summed E-state index contributed by atoms with van der Waals surface area (Å²) in [4.78, 5) is 29.2. The Bertz CT molecular complexity index is 756. The van der Waals surface area contributed by atoms with Gasteiger partial charge in [0.1, 0.15) is 5.82 Å².